The molecule has 0 aliphatic carbocycles. The molecule has 0 fully saturated rings. The van der Waals surface area contributed by atoms with E-state index in [1.807, 2.05) is 54.9 Å². The van der Waals surface area contributed by atoms with Crippen LogP contribution in [-0.2, 0) is 17.9 Å². The fourth-order valence-corrected chi connectivity index (χ4v) is 2.32. The average Bonchev–Trinajstić information content (AvgIpc) is 2.56. The van der Waals surface area contributed by atoms with Crippen molar-refractivity contribution >= 4 is 5.91 Å². The van der Waals surface area contributed by atoms with E-state index >= 15 is 0 Å². The molecule has 0 saturated heterocycles. The first-order valence-electron chi connectivity index (χ1n) is 7.48. The van der Waals surface area contributed by atoms with Crippen molar-refractivity contribution in [2.75, 3.05) is 14.2 Å². The molecule has 122 valence electrons. The van der Waals surface area contributed by atoms with Crippen LogP contribution in [0.4, 0.5) is 0 Å². The largest absolute Gasteiger partial charge is 0.493 e. The summed E-state index contributed by atoms with van der Waals surface area (Å²) >= 11 is 0. The van der Waals surface area contributed by atoms with Crippen molar-refractivity contribution in [3.8, 4) is 11.5 Å². The summed E-state index contributed by atoms with van der Waals surface area (Å²) in [5.41, 5.74) is 3.22. The first kappa shape index (κ1) is 16.8. The van der Waals surface area contributed by atoms with E-state index in [1.54, 1.807) is 14.2 Å². The molecule has 0 spiro atoms. The zero-order valence-electron chi connectivity index (χ0n) is 14.1. The number of aromatic nitrogens is 1. The Labute approximate surface area is 136 Å². The zero-order valence-corrected chi connectivity index (χ0v) is 14.1. The Morgan fingerprint density at radius 2 is 1.87 bits per heavy atom. The van der Waals surface area contributed by atoms with E-state index in [4.69, 9.17) is 9.47 Å². The molecule has 0 aliphatic rings. The molecule has 0 saturated carbocycles. The number of benzene rings is 1. The predicted molar refractivity (Wildman–Crippen MR) is 87.5 cm³/mol. The van der Waals surface area contributed by atoms with Crippen LogP contribution in [0.25, 0.3) is 0 Å². The summed E-state index contributed by atoms with van der Waals surface area (Å²) in [4.78, 5) is 12.1. The van der Waals surface area contributed by atoms with E-state index in [9.17, 15) is 4.79 Å². The van der Waals surface area contributed by atoms with Gasteiger partial charge in [0.15, 0.2) is 23.4 Å². The number of hydrogen-bond acceptors (Lipinski definition) is 3. The van der Waals surface area contributed by atoms with Crippen molar-refractivity contribution in [1.82, 2.24) is 5.32 Å². The molecule has 0 aliphatic heterocycles. The summed E-state index contributed by atoms with van der Waals surface area (Å²) in [5, 5.41) is 2.93. The Morgan fingerprint density at radius 1 is 1.13 bits per heavy atom. The van der Waals surface area contributed by atoms with Gasteiger partial charge in [0.2, 0.25) is 6.54 Å². The van der Waals surface area contributed by atoms with Gasteiger partial charge in [0.1, 0.15) is 0 Å². The van der Waals surface area contributed by atoms with E-state index in [1.165, 1.54) is 5.56 Å². The lowest BCUT2D eigenvalue weighted by molar-refractivity contribution is -0.690. The smallest absolute Gasteiger partial charge is 0.286 e. The molecular formula is C18H23N2O3+. The Bertz CT molecular complexity index is 699. The maximum Gasteiger partial charge on any atom is 0.286 e. The van der Waals surface area contributed by atoms with E-state index < -0.39 is 0 Å². The molecule has 2 rings (SSSR count). The highest BCUT2D eigenvalue weighted by molar-refractivity contribution is 5.74. The number of hydrogen-bond donors (Lipinski definition) is 1. The fraction of sp³-hybridized carbons (Fsp3) is 0.333. The molecule has 0 unspecified atom stereocenters. The Kier molecular flexibility index (Phi) is 5.57. The van der Waals surface area contributed by atoms with Crippen molar-refractivity contribution < 1.29 is 18.8 Å². The lowest BCUT2D eigenvalue weighted by atomic mass is 10.2. The van der Waals surface area contributed by atoms with Gasteiger partial charge in [-0.25, -0.2) is 0 Å². The van der Waals surface area contributed by atoms with E-state index in [0.717, 1.165) is 11.3 Å². The predicted octanol–water partition coefficient (Wildman–Crippen LogP) is 1.92. The van der Waals surface area contributed by atoms with Crippen LogP contribution in [0.1, 0.15) is 16.8 Å². The molecule has 5 heteroatoms. The molecule has 23 heavy (non-hydrogen) atoms. The van der Waals surface area contributed by atoms with E-state index in [-0.39, 0.29) is 5.91 Å². The van der Waals surface area contributed by atoms with Gasteiger partial charge in [0.05, 0.1) is 14.2 Å². The molecule has 1 heterocycles. The quantitative estimate of drug-likeness (QED) is 0.829. The number of carbonyl (C=O) groups excluding carboxylic acids is 1. The number of nitrogens with zero attached hydrogens (tertiary/aromatic N) is 1. The topological polar surface area (TPSA) is 51.4 Å². The molecule has 5 nitrogen and oxygen atoms in total. The number of amides is 1. The monoisotopic (exact) mass is 315 g/mol. The second kappa shape index (κ2) is 7.63. The zero-order chi connectivity index (χ0) is 16.8. The van der Waals surface area contributed by atoms with Gasteiger partial charge in [0, 0.05) is 25.1 Å². The van der Waals surface area contributed by atoms with Crippen LogP contribution >= 0.6 is 0 Å². The molecule has 0 radical (unpaired) electrons. The van der Waals surface area contributed by atoms with Crippen LogP contribution < -0.4 is 19.4 Å². The van der Waals surface area contributed by atoms with Crippen molar-refractivity contribution in [1.29, 1.82) is 0 Å². The molecule has 1 aromatic heterocycles. The van der Waals surface area contributed by atoms with Crippen molar-refractivity contribution in [3.05, 3.63) is 53.3 Å². The highest BCUT2D eigenvalue weighted by atomic mass is 16.5. The molecule has 1 N–H and O–H groups in total. The summed E-state index contributed by atoms with van der Waals surface area (Å²) in [5.74, 6) is 1.30. The van der Waals surface area contributed by atoms with Gasteiger partial charge >= 0.3 is 0 Å². The third-order valence-electron chi connectivity index (χ3n) is 3.87. The Balaban J connectivity index is 1.98. The second-order valence-corrected chi connectivity index (χ2v) is 5.37. The molecule has 0 atom stereocenters. The first-order valence-corrected chi connectivity index (χ1v) is 7.48. The first-order chi connectivity index (χ1) is 11.0. The molecule has 2 aromatic rings. The number of nitrogens with one attached hydrogen (secondary N) is 1. The summed E-state index contributed by atoms with van der Waals surface area (Å²) < 4.78 is 12.4. The van der Waals surface area contributed by atoms with Gasteiger partial charge in [-0.2, -0.15) is 4.57 Å². The van der Waals surface area contributed by atoms with Gasteiger partial charge in [-0.3, -0.25) is 4.79 Å². The number of carbonyl (C=O) groups is 1. The number of pyridine rings is 1. The minimum atomic E-state index is -0.0292. The summed E-state index contributed by atoms with van der Waals surface area (Å²) in [7, 11) is 3.19. The Morgan fingerprint density at radius 3 is 2.57 bits per heavy atom. The van der Waals surface area contributed by atoms with Gasteiger partial charge in [-0.1, -0.05) is 6.07 Å². The van der Waals surface area contributed by atoms with Crippen LogP contribution in [0, 0.1) is 13.8 Å². The standard InChI is InChI=1S/C18H22N2O3/c1-13-6-5-9-20(14(13)2)12-18(21)19-11-15-7-8-16(22-3)17(10-15)23-4/h5-10H,11-12H2,1-4H3/p+1. The summed E-state index contributed by atoms with van der Waals surface area (Å²) in [6.07, 6.45) is 1.92. The summed E-state index contributed by atoms with van der Waals surface area (Å²) in [6.45, 7) is 4.80. The van der Waals surface area contributed by atoms with Gasteiger partial charge in [0.25, 0.3) is 5.91 Å². The van der Waals surface area contributed by atoms with Crippen LogP contribution in [0.2, 0.25) is 0 Å². The lowest BCUT2D eigenvalue weighted by Gasteiger charge is -2.10. The van der Waals surface area contributed by atoms with Crippen molar-refractivity contribution in [2.45, 2.75) is 26.9 Å². The highest BCUT2D eigenvalue weighted by Crippen LogP contribution is 2.27. The third kappa shape index (κ3) is 4.22. The van der Waals surface area contributed by atoms with E-state index in [0.29, 0.717) is 24.6 Å². The SMILES string of the molecule is COc1ccc(CNC(=O)C[n+]2cccc(C)c2C)cc1OC. The van der Waals surface area contributed by atoms with Crippen molar-refractivity contribution in [2.24, 2.45) is 0 Å². The molecule has 0 bridgehead atoms. The molecular weight excluding hydrogens is 292 g/mol. The minimum absolute atomic E-state index is 0.0292. The highest BCUT2D eigenvalue weighted by Gasteiger charge is 2.13. The summed E-state index contributed by atoms with van der Waals surface area (Å²) in [6, 6.07) is 9.59. The minimum Gasteiger partial charge on any atom is -0.493 e. The molecule has 1 aromatic carbocycles. The maximum atomic E-state index is 12.1. The Hall–Kier alpha value is -2.56. The number of methoxy groups -OCH3 is 2. The fourth-order valence-electron chi connectivity index (χ4n) is 2.32. The third-order valence-corrected chi connectivity index (χ3v) is 3.87. The van der Waals surface area contributed by atoms with Crippen LogP contribution in [0.3, 0.4) is 0 Å². The van der Waals surface area contributed by atoms with Gasteiger partial charge in [-0.15, -0.1) is 0 Å². The average molecular weight is 315 g/mol. The van der Waals surface area contributed by atoms with Gasteiger partial charge in [-0.05, 0) is 30.7 Å². The maximum absolute atomic E-state index is 12.1. The van der Waals surface area contributed by atoms with Crippen molar-refractivity contribution in [3.63, 3.8) is 0 Å². The van der Waals surface area contributed by atoms with Crippen LogP contribution in [0.5, 0.6) is 11.5 Å². The second-order valence-electron chi connectivity index (χ2n) is 5.37. The normalized spacial score (nSPS) is 10.3. The molecule has 1 amide bonds. The number of ether oxygens (including phenoxy) is 2. The number of rotatable bonds is 6. The van der Waals surface area contributed by atoms with Crippen LogP contribution in [-0.4, -0.2) is 20.1 Å². The van der Waals surface area contributed by atoms with Gasteiger partial charge < -0.3 is 14.8 Å². The lowest BCUT2D eigenvalue weighted by Crippen LogP contribution is -2.45. The van der Waals surface area contributed by atoms with E-state index in [2.05, 4.69) is 5.32 Å². The number of aryl methyl sites for hydroxylation is 1. The van der Waals surface area contributed by atoms with Crippen LogP contribution in [0.15, 0.2) is 36.5 Å².